The highest BCUT2D eigenvalue weighted by Gasteiger charge is 2.17. The van der Waals surface area contributed by atoms with Crippen LogP contribution in [0.1, 0.15) is 6.42 Å². The summed E-state index contributed by atoms with van der Waals surface area (Å²) in [7, 11) is 1.72. The van der Waals surface area contributed by atoms with Gasteiger partial charge in [-0.25, -0.2) is 0 Å². The van der Waals surface area contributed by atoms with E-state index in [4.69, 9.17) is 9.84 Å². The number of amides is 1. The Balaban J connectivity index is 1.81. The zero-order chi connectivity index (χ0) is 18.8. The van der Waals surface area contributed by atoms with Gasteiger partial charge in [-0.05, 0) is 30.7 Å². The van der Waals surface area contributed by atoms with Crippen molar-refractivity contribution in [2.45, 2.75) is 6.42 Å². The number of nitrogens with zero attached hydrogens (tertiary/aromatic N) is 2. The molecule has 1 amide bonds. The van der Waals surface area contributed by atoms with E-state index in [9.17, 15) is 9.59 Å². The highest BCUT2D eigenvalue weighted by Crippen LogP contribution is 2.13. The third kappa shape index (κ3) is 6.47. The Kier molecular flexibility index (Phi) is 7.49. The fourth-order valence-electron chi connectivity index (χ4n) is 2.46. The molecule has 1 N–H and O–H groups in total. The van der Waals surface area contributed by atoms with Crippen molar-refractivity contribution in [1.82, 2.24) is 4.90 Å². The quantitative estimate of drug-likeness (QED) is 0.663. The third-order valence-corrected chi connectivity index (χ3v) is 3.85. The van der Waals surface area contributed by atoms with Gasteiger partial charge in [-0.1, -0.05) is 36.4 Å². The molecule has 0 bridgehead atoms. The molecule has 0 radical (unpaired) electrons. The lowest BCUT2D eigenvalue weighted by Gasteiger charge is -2.25. The first-order valence-corrected chi connectivity index (χ1v) is 8.50. The van der Waals surface area contributed by atoms with Gasteiger partial charge < -0.3 is 19.6 Å². The van der Waals surface area contributed by atoms with Crippen molar-refractivity contribution in [2.75, 3.05) is 38.2 Å². The van der Waals surface area contributed by atoms with E-state index in [0.717, 1.165) is 5.75 Å². The number of hydrogen-bond donors (Lipinski definition) is 1. The van der Waals surface area contributed by atoms with Crippen LogP contribution < -0.4 is 9.64 Å². The Labute approximate surface area is 153 Å². The van der Waals surface area contributed by atoms with Crippen LogP contribution in [0.2, 0.25) is 0 Å². The summed E-state index contributed by atoms with van der Waals surface area (Å²) in [6, 6.07) is 18.6. The Morgan fingerprint density at radius 2 is 1.58 bits per heavy atom. The first-order chi connectivity index (χ1) is 12.6. The van der Waals surface area contributed by atoms with Gasteiger partial charge in [-0.15, -0.1) is 0 Å². The molecule has 0 aliphatic heterocycles. The van der Waals surface area contributed by atoms with Gasteiger partial charge in [0.1, 0.15) is 12.3 Å². The Bertz CT molecular complexity index is 691. The monoisotopic (exact) mass is 356 g/mol. The van der Waals surface area contributed by atoms with Gasteiger partial charge in [0.05, 0.1) is 13.2 Å². The summed E-state index contributed by atoms with van der Waals surface area (Å²) in [6.45, 7) is 0.855. The van der Waals surface area contributed by atoms with E-state index in [0.29, 0.717) is 25.3 Å². The first kappa shape index (κ1) is 19.3. The number of anilines is 1. The summed E-state index contributed by atoms with van der Waals surface area (Å²) in [4.78, 5) is 26.7. The second-order valence-electron chi connectivity index (χ2n) is 5.92. The van der Waals surface area contributed by atoms with Gasteiger partial charge in [-0.2, -0.15) is 0 Å². The summed E-state index contributed by atoms with van der Waals surface area (Å²) in [5, 5.41) is 9.10. The number of ether oxygens (including phenoxy) is 1. The van der Waals surface area contributed by atoms with Crippen LogP contribution in [0.15, 0.2) is 60.7 Å². The van der Waals surface area contributed by atoms with Crippen LogP contribution in [0.25, 0.3) is 0 Å². The third-order valence-electron chi connectivity index (χ3n) is 3.85. The minimum absolute atomic E-state index is 0.0202. The zero-order valence-electron chi connectivity index (χ0n) is 14.9. The van der Waals surface area contributed by atoms with Crippen molar-refractivity contribution in [3.8, 4) is 5.75 Å². The maximum Gasteiger partial charge on any atom is 0.323 e. The predicted molar refractivity (Wildman–Crippen MR) is 100 cm³/mol. The molecule has 2 aromatic carbocycles. The molecule has 0 spiro atoms. The standard InChI is InChI=1S/C20H24N2O4/c1-21(13-8-14-26-18-11-6-3-7-12-18)19(23)15-22(16-20(24)25)17-9-4-2-5-10-17/h2-7,9-12H,8,13-16H2,1H3,(H,24,25). The van der Waals surface area contributed by atoms with Crippen LogP contribution in [0.4, 0.5) is 5.69 Å². The minimum Gasteiger partial charge on any atom is -0.494 e. The number of aliphatic carboxylic acids is 1. The number of carboxylic acid groups (broad SMARTS) is 1. The molecule has 2 aromatic rings. The van der Waals surface area contributed by atoms with E-state index in [-0.39, 0.29) is 19.0 Å². The van der Waals surface area contributed by atoms with Gasteiger partial charge in [0.25, 0.3) is 0 Å². The lowest BCUT2D eigenvalue weighted by molar-refractivity contribution is -0.135. The van der Waals surface area contributed by atoms with Crippen LogP contribution in [0.5, 0.6) is 5.75 Å². The summed E-state index contributed by atoms with van der Waals surface area (Å²) < 4.78 is 5.61. The van der Waals surface area contributed by atoms with Crippen LogP contribution in [-0.2, 0) is 9.59 Å². The van der Waals surface area contributed by atoms with Gasteiger partial charge in [0, 0.05) is 19.3 Å². The number of rotatable bonds is 10. The smallest absolute Gasteiger partial charge is 0.323 e. The summed E-state index contributed by atoms with van der Waals surface area (Å²) in [5.41, 5.74) is 0.712. The van der Waals surface area contributed by atoms with Crippen LogP contribution in [0.3, 0.4) is 0 Å². The minimum atomic E-state index is -0.972. The molecule has 0 saturated heterocycles. The van der Waals surface area contributed by atoms with Gasteiger partial charge >= 0.3 is 5.97 Å². The molecule has 0 aliphatic rings. The normalized spacial score (nSPS) is 10.2. The van der Waals surface area contributed by atoms with E-state index >= 15 is 0 Å². The van der Waals surface area contributed by atoms with Crippen LogP contribution >= 0.6 is 0 Å². The molecule has 0 unspecified atom stereocenters. The molecular weight excluding hydrogens is 332 g/mol. The Morgan fingerprint density at radius 1 is 0.962 bits per heavy atom. The van der Waals surface area contributed by atoms with Crippen molar-refractivity contribution < 1.29 is 19.4 Å². The van der Waals surface area contributed by atoms with E-state index in [1.165, 1.54) is 0 Å². The Morgan fingerprint density at radius 3 is 2.19 bits per heavy atom. The highest BCUT2D eigenvalue weighted by atomic mass is 16.5. The molecular formula is C20H24N2O4. The maximum absolute atomic E-state index is 12.4. The highest BCUT2D eigenvalue weighted by molar-refractivity contribution is 5.84. The average Bonchev–Trinajstić information content (AvgIpc) is 2.65. The molecule has 26 heavy (non-hydrogen) atoms. The van der Waals surface area contributed by atoms with Gasteiger partial charge in [0.2, 0.25) is 5.91 Å². The van der Waals surface area contributed by atoms with E-state index < -0.39 is 5.97 Å². The fraction of sp³-hybridized carbons (Fsp3) is 0.300. The predicted octanol–water partition coefficient (Wildman–Crippen LogP) is 2.51. The van der Waals surface area contributed by atoms with Crippen molar-refractivity contribution >= 4 is 17.6 Å². The van der Waals surface area contributed by atoms with Crippen molar-refractivity contribution in [3.05, 3.63) is 60.7 Å². The molecule has 0 saturated carbocycles. The molecule has 0 fully saturated rings. The van der Waals surface area contributed by atoms with Gasteiger partial charge in [-0.3, -0.25) is 9.59 Å². The molecule has 138 valence electrons. The lowest BCUT2D eigenvalue weighted by Crippen LogP contribution is -2.41. The molecule has 0 heterocycles. The van der Waals surface area contributed by atoms with E-state index in [1.807, 2.05) is 48.5 Å². The van der Waals surface area contributed by atoms with Crippen molar-refractivity contribution in [1.29, 1.82) is 0 Å². The molecule has 6 heteroatoms. The second-order valence-corrected chi connectivity index (χ2v) is 5.92. The van der Waals surface area contributed by atoms with E-state index in [1.54, 1.807) is 29.0 Å². The van der Waals surface area contributed by atoms with Crippen molar-refractivity contribution in [2.24, 2.45) is 0 Å². The summed E-state index contributed by atoms with van der Waals surface area (Å²) in [5.74, 6) is -0.298. The number of likely N-dealkylation sites (N-methyl/N-ethyl adjacent to an activating group) is 1. The Hall–Kier alpha value is -3.02. The average molecular weight is 356 g/mol. The number of carboxylic acids is 1. The molecule has 0 aromatic heterocycles. The SMILES string of the molecule is CN(CCCOc1ccccc1)C(=O)CN(CC(=O)O)c1ccccc1. The number of carbonyl (C=O) groups is 2. The topological polar surface area (TPSA) is 70.1 Å². The fourth-order valence-corrected chi connectivity index (χ4v) is 2.46. The maximum atomic E-state index is 12.4. The molecule has 6 nitrogen and oxygen atoms in total. The lowest BCUT2D eigenvalue weighted by atomic mass is 10.2. The number of hydrogen-bond acceptors (Lipinski definition) is 4. The largest absolute Gasteiger partial charge is 0.494 e. The van der Waals surface area contributed by atoms with Crippen molar-refractivity contribution in [3.63, 3.8) is 0 Å². The summed E-state index contributed by atoms with van der Waals surface area (Å²) in [6.07, 6.45) is 0.696. The second kappa shape index (κ2) is 10.1. The van der Waals surface area contributed by atoms with E-state index in [2.05, 4.69) is 0 Å². The number of carbonyl (C=O) groups excluding carboxylic acids is 1. The molecule has 0 atom stereocenters. The van der Waals surface area contributed by atoms with Crippen LogP contribution in [-0.4, -0.2) is 55.2 Å². The van der Waals surface area contributed by atoms with Crippen LogP contribution in [0, 0.1) is 0 Å². The first-order valence-electron chi connectivity index (χ1n) is 8.50. The zero-order valence-corrected chi connectivity index (χ0v) is 14.9. The van der Waals surface area contributed by atoms with Gasteiger partial charge in [0.15, 0.2) is 0 Å². The summed E-state index contributed by atoms with van der Waals surface area (Å²) >= 11 is 0. The number of benzene rings is 2. The number of para-hydroxylation sites is 2. The molecule has 0 aliphatic carbocycles. The molecule has 2 rings (SSSR count).